The predicted molar refractivity (Wildman–Crippen MR) is 182 cm³/mol. The van der Waals surface area contributed by atoms with Gasteiger partial charge in [0.25, 0.3) is 0 Å². The molecule has 7 rings (SSSR count). The number of nitrogens with one attached hydrogen (secondary N) is 1. The van der Waals surface area contributed by atoms with Gasteiger partial charge in [0.15, 0.2) is 0 Å². The molecule has 13 heteroatoms. The molecule has 0 amide bonds. The minimum absolute atomic E-state index is 0.361. The van der Waals surface area contributed by atoms with Gasteiger partial charge < -0.3 is 19.5 Å². The molecule has 9 nitrogen and oxygen atoms in total. The zero-order valence-corrected chi connectivity index (χ0v) is 28.0. The molecule has 0 radical (unpaired) electrons. The van der Waals surface area contributed by atoms with Crippen LogP contribution in [0.3, 0.4) is 0 Å². The lowest BCUT2D eigenvalue weighted by Crippen LogP contribution is -2.43. The van der Waals surface area contributed by atoms with Gasteiger partial charge in [-0.05, 0) is 41.9 Å². The van der Waals surface area contributed by atoms with Gasteiger partial charge in [-0.25, -0.2) is 4.79 Å². The Labute approximate surface area is 287 Å². The highest BCUT2D eigenvalue weighted by atomic mass is 32.1. The number of piperazine rings is 1. The van der Waals surface area contributed by atoms with Crippen molar-refractivity contribution in [3.8, 4) is 40.1 Å². The van der Waals surface area contributed by atoms with Gasteiger partial charge in [-0.15, -0.1) is 11.3 Å². The monoisotopic (exact) mass is 693 g/mol. The molecule has 0 atom stereocenters. The number of aromatic nitrogens is 2. The fraction of sp³-hybridized carbons (Fsp3) is 0.389. The number of carboxylic acids is 1. The second-order valence-corrected chi connectivity index (χ2v) is 13.2. The zero-order valence-electron chi connectivity index (χ0n) is 27.2. The second-order valence-electron chi connectivity index (χ2n) is 12.3. The van der Waals surface area contributed by atoms with Crippen LogP contribution in [0.1, 0.15) is 27.1 Å². The van der Waals surface area contributed by atoms with Crippen LogP contribution in [-0.2, 0) is 29.0 Å². The maximum Gasteiger partial charge on any atom is 0.490 e. The number of ether oxygens (including phenoxy) is 2. The molecule has 4 heterocycles. The summed E-state index contributed by atoms with van der Waals surface area (Å²) in [5.74, 6) is 4.55. The molecule has 2 fully saturated rings. The number of nitrogens with zero attached hydrogens (tertiary/aromatic N) is 4. The Kier molecular flexibility index (Phi) is 11.0. The van der Waals surface area contributed by atoms with Gasteiger partial charge in [0.1, 0.15) is 12.4 Å². The van der Waals surface area contributed by atoms with E-state index in [0.29, 0.717) is 6.61 Å². The van der Waals surface area contributed by atoms with Gasteiger partial charge in [0.05, 0.1) is 29.5 Å². The third kappa shape index (κ3) is 9.09. The summed E-state index contributed by atoms with van der Waals surface area (Å²) in [6.45, 7) is 10.5. The maximum absolute atomic E-state index is 10.6. The lowest BCUT2D eigenvalue weighted by atomic mass is 10.0. The number of fused-ring (bicyclic) bond motifs is 3. The quantitative estimate of drug-likeness (QED) is 0.221. The molecule has 2 N–H and O–H groups in total. The van der Waals surface area contributed by atoms with Gasteiger partial charge in [-0.3, -0.25) is 14.9 Å². The number of hydrogen-bond acceptors (Lipinski definition) is 8. The van der Waals surface area contributed by atoms with E-state index in [0.717, 1.165) is 99.6 Å². The number of halogens is 3. The van der Waals surface area contributed by atoms with Crippen LogP contribution in [0.25, 0.3) is 22.5 Å². The fourth-order valence-electron chi connectivity index (χ4n) is 6.07. The molecule has 2 saturated heterocycles. The third-order valence-corrected chi connectivity index (χ3v) is 9.59. The van der Waals surface area contributed by atoms with E-state index >= 15 is 0 Å². The third-order valence-electron chi connectivity index (χ3n) is 8.75. The smallest absolute Gasteiger partial charge is 0.481 e. The van der Waals surface area contributed by atoms with Crippen LogP contribution in [0.15, 0.2) is 53.9 Å². The standard InChI is InChI=1S/C34H37N5O2S.C2HF3O2/c1-37-10-12-38(13-11-37)23-26-6-9-31-27(19-26)21-32-33(35-36-34(31)32)28-20-30(42-24-28)3-2-16-41-29-7-4-25(5-8-29)22-39-14-17-40-18-15-39;3-2(4,5)1(6)7/h4-9,19-20,24H,10-18,21-23H2,1H3,(H,35,36);(H,6,7). The average Bonchev–Trinajstić information content (AvgIpc) is 3.81. The van der Waals surface area contributed by atoms with Gasteiger partial charge in [0, 0.05) is 80.8 Å². The van der Waals surface area contributed by atoms with Gasteiger partial charge in [0.2, 0.25) is 0 Å². The second kappa shape index (κ2) is 15.6. The highest BCUT2D eigenvalue weighted by molar-refractivity contribution is 7.11. The molecule has 2 aliphatic heterocycles. The molecule has 0 spiro atoms. The Morgan fingerprint density at radius 1 is 1.00 bits per heavy atom. The summed E-state index contributed by atoms with van der Waals surface area (Å²) < 4.78 is 43.1. The van der Waals surface area contributed by atoms with Gasteiger partial charge >= 0.3 is 12.1 Å². The molecule has 2 aromatic heterocycles. The van der Waals surface area contributed by atoms with Crippen molar-refractivity contribution in [3.05, 3.63) is 81.0 Å². The number of carbonyl (C=O) groups is 1. The first-order valence-corrected chi connectivity index (χ1v) is 17.0. The molecule has 0 bridgehead atoms. The van der Waals surface area contributed by atoms with Gasteiger partial charge in [-0.1, -0.05) is 42.2 Å². The number of morpholine rings is 1. The summed E-state index contributed by atoms with van der Waals surface area (Å²) in [6, 6.07) is 17.4. The van der Waals surface area contributed by atoms with Crippen molar-refractivity contribution in [1.29, 1.82) is 0 Å². The number of thiophene rings is 1. The van der Waals surface area contributed by atoms with Crippen LogP contribution in [0, 0.1) is 11.8 Å². The van der Waals surface area contributed by atoms with Crippen molar-refractivity contribution in [2.24, 2.45) is 0 Å². The number of rotatable bonds is 7. The number of carboxylic acid groups (broad SMARTS) is 1. The van der Waals surface area contributed by atoms with Crippen LogP contribution >= 0.6 is 11.3 Å². The topological polar surface area (TPSA) is 94.2 Å². The summed E-state index contributed by atoms with van der Waals surface area (Å²) in [4.78, 5) is 17.3. The number of alkyl halides is 3. The fourth-order valence-corrected chi connectivity index (χ4v) is 6.83. The molecular weight excluding hydrogens is 655 g/mol. The molecule has 3 aliphatic rings. The Morgan fingerprint density at radius 3 is 2.39 bits per heavy atom. The first-order chi connectivity index (χ1) is 23.6. The lowest BCUT2D eigenvalue weighted by Gasteiger charge is -2.32. The first kappa shape index (κ1) is 34.7. The van der Waals surface area contributed by atoms with E-state index in [1.54, 1.807) is 11.3 Å². The van der Waals surface area contributed by atoms with Crippen LogP contribution < -0.4 is 4.74 Å². The van der Waals surface area contributed by atoms with Crippen LogP contribution in [-0.4, -0.2) is 108 Å². The van der Waals surface area contributed by atoms with E-state index in [2.05, 4.69) is 80.5 Å². The first-order valence-electron chi connectivity index (χ1n) is 16.1. The summed E-state index contributed by atoms with van der Waals surface area (Å²) >= 11 is 1.66. The normalized spacial score (nSPS) is 16.6. The molecule has 0 saturated carbocycles. The van der Waals surface area contributed by atoms with E-state index in [4.69, 9.17) is 24.5 Å². The Bertz CT molecular complexity index is 1800. The molecule has 258 valence electrons. The number of H-pyrrole nitrogens is 1. The Hall–Kier alpha value is -4.19. The van der Waals surface area contributed by atoms with E-state index < -0.39 is 12.1 Å². The van der Waals surface area contributed by atoms with Crippen molar-refractivity contribution in [2.45, 2.75) is 25.7 Å². The van der Waals surface area contributed by atoms with Crippen molar-refractivity contribution >= 4 is 17.3 Å². The number of aliphatic carboxylic acids is 1. The van der Waals surface area contributed by atoms with Crippen molar-refractivity contribution < 1.29 is 32.5 Å². The van der Waals surface area contributed by atoms with Crippen LogP contribution in [0.4, 0.5) is 13.2 Å². The molecule has 0 unspecified atom stereocenters. The average molecular weight is 694 g/mol. The highest BCUT2D eigenvalue weighted by Crippen LogP contribution is 2.41. The minimum Gasteiger partial charge on any atom is -0.481 e. The van der Waals surface area contributed by atoms with E-state index in [1.165, 1.54) is 27.8 Å². The van der Waals surface area contributed by atoms with Crippen molar-refractivity contribution in [1.82, 2.24) is 24.9 Å². The number of likely N-dealkylation sites (N-methyl/N-ethyl adjacent to an activating group) is 1. The highest BCUT2D eigenvalue weighted by Gasteiger charge is 2.38. The summed E-state index contributed by atoms with van der Waals surface area (Å²) in [6.07, 6.45) is -4.16. The minimum atomic E-state index is -5.08. The summed E-state index contributed by atoms with van der Waals surface area (Å²) in [5, 5.41) is 17.3. The molecule has 4 aromatic rings. The summed E-state index contributed by atoms with van der Waals surface area (Å²) in [5.41, 5.74) is 10.00. The summed E-state index contributed by atoms with van der Waals surface area (Å²) in [7, 11) is 2.21. The molecular formula is C36H38F3N5O4S. The molecule has 1 aliphatic carbocycles. The SMILES string of the molecule is CN1CCN(Cc2ccc3c(c2)Cc2c(-c4csc(C#CCOc5ccc(CN6CCOCC6)cc5)c4)n[nH]c2-3)CC1.O=C(O)C(F)(F)F. The van der Waals surface area contributed by atoms with Crippen molar-refractivity contribution in [2.75, 3.05) is 66.1 Å². The van der Waals surface area contributed by atoms with E-state index in [-0.39, 0.29) is 0 Å². The maximum atomic E-state index is 10.6. The molecule has 49 heavy (non-hydrogen) atoms. The number of hydrogen-bond donors (Lipinski definition) is 2. The van der Waals surface area contributed by atoms with Crippen LogP contribution in [0.5, 0.6) is 5.75 Å². The van der Waals surface area contributed by atoms with Gasteiger partial charge in [-0.2, -0.15) is 18.3 Å². The Balaban J connectivity index is 0.000000540. The van der Waals surface area contributed by atoms with E-state index in [1.807, 2.05) is 12.1 Å². The van der Waals surface area contributed by atoms with Crippen LogP contribution in [0.2, 0.25) is 0 Å². The lowest BCUT2D eigenvalue weighted by molar-refractivity contribution is -0.192. The molecule has 2 aromatic carbocycles. The zero-order chi connectivity index (χ0) is 34.4. The number of benzene rings is 2. The predicted octanol–water partition coefficient (Wildman–Crippen LogP) is 5.35. The Morgan fingerprint density at radius 2 is 1.67 bits per heavy atom. The van der Waals surface area contributed by atoms with Crippen molar-refractivity contribution in [3.63, 3.8) is 0 Å². The van der Waals surface area contributed by atoms with E-state index in [9.17, 15) is 13.2 Å². The number of aromatic amines is 1. The largest absolute Gasteiger partial charge is 0.490 e.